The largest absolute Gasteiger partial charge is 0.491 e. The molecule has 0 aliphatic carbocycles. The van der Waals surface area contributed by atoms with Gasteiger partial charge in [0.05, 0.1) is 6.10 Å². The first-order chi connectivity index (χ1) is 9.04. The maximum Gasteiger partial charge on any atom is 0.193 e. The third-order valence-corrected chi connectivity index (χ3v) is 2.94. The van der Waals surface area contributed by atoms with Gasteiger partial charge in [-0.25, -0.2) is 0 Å². The summed E-state index contributed by atoms with van der Waals surface area (Å²) < 4.78 is 11.3. The summed E-state index contributed by atoms with van der Waals surface area (Å²) in [7, 11) is 0. The molecule has 1 atom stereocenters. The van der Waals surface area contributed by atoms with Gasteiger partial charge in [-0.05, 0) is 43.5 Å². The van der Waals surface area contributed by atoms with Crippen LogP contribution in [0.4, 0.5) is 0 Å². The van der Waals surface area contributed by atoms with Gasteiger partial charge in [0.15, 0.2) is 12.4 Å². The highest BCUT2D eigenvalue weighted by Gasteiger charge is 2.12. The minimum Gasteiger partial charge on any atom is -0.491 e. The number of fused-ring (bicyclic) bond motifs is 1. The third kappa shape index (κ3) is 3.85. The molecule has 3 nitrogen and oxygen atoms in total. The minimum absolute atomic E-state index is 0.0214. The number of benzene rings is 1. The molecule has 0 fully saturated rings. The summed E-state index contributed by atoms with van der Waals surface area (Å²) in [5.41, 5.74) is 0.912. The number of ether oxygens (including phenoxy) is 2. The summed E-state index contributed by atoms with van der Waals surface area (Å²) in [5, 5.41) is 0. The molecule has 0 saturated carbocycles. The molecular formula is C16H20O3. The lowest BCUT2D eigenvalue weighted by molar-refractivity contribution is -0.116. The summed E-state index contributed by atoms with van der Waals surface area (Å²) >= 11 is 0. The van der Waals surface area contributed by atoms with E-state index in [4.69, 9.17) is 9.47 Å². The highest BCUT2D eigenvalue weighted by atomic mass is 16.5. The van der Waals surface area contributed by atoms with E-state index in [2.05, 4.69) is 20.8 Å². The Morgan fingerprint density at radius 1 is 1.26 bits per heavy atom. The number of ketones is 1. The van der Waals surface area contributed by atoms with Crippen LogP contribution in [0.5, 0.6) is 11.5 Å². The highest BCUT2D eigenvalue weighted by Crippen LogP contribution is 2.28. The van der Waals surface area contributed by atoms with Crippen molar-refractivity contribution in [3.8, 4) is 11.5 Å². The fourth-order valence-electron chi connectivity index (χ4n) is 2.17. The van der Waals surface area contributed by atoms with Crippen LogP contribution in [-0.4, -0.2) is 18.5 Å². The van der Waals surface area contributed by atoms with Crippen LogP contribution in [0.1, 0.15) is 32.8 Å². The Morgan fingerprint density at radius 3 is 2.79 bits per heavy atom. The van der Waals surface area contributed by atoms with Crippen LogP contribution in [0.25, 0.3) is 6.08 Å². The monoisotopic (exact) mass is 260 g/mol. The molecule has 1 aromatic rings. The molecule has 0 bridgehead atoms. The predicted molar refractivity (Wildman–Crippen MR) is 75.5 cm³/mol. The zero-order chi connectivity index (χ0) is 13.8. The first-order valence-electron chi connectivity index (χ1n) is 6.69. The maximum absolute atomic E-state index is 11.3. The molecule has 1 aliphatic heterocycles. The van der Waals surface area contributed by atoms with Gasteiger partial charge in [-0.3, -0.25) is 4.79 Å². The van der Waals surface area contributed by atoms with Crippen LogP contribution in [-0.2, 0) is 4.79 Å². The van der Waals surface area contributed by atoms with E-state index in [0.717, 1.165) is 17.7 Å². The Balaban J connectivity index is 2.10. The number of hydrogen-bond donors (Lipinski definition) is 0. The van der Waals surface area contributed by atoms with E-state index in [1.165, 1.54) is 0 Å². The van der Waals surface area contributed by atoms with E-state index >= 15 is 0 Å². The average Bonchev–Trinajstić information content (AvgIpc) is 2.51. The van der Waals surface area contributed by atoms with Gasteiger partial charge in [0, 0.05) is 11.6 Å². The Kier molecular flexibility index (Phi) is 4.25. The van der Waals surface area contributed by atoms with E-state index in [-0.39, 0.29) is 18.5 Å². The molecule has 102 valence electrons. The van der Waals surface area contributed by atoms with E-state index in [0.29, 0.717) is 11.7 Å². The molecule has 1 unspecified atom stereocenters. The third-order valence-electron chi connectivity index (χ3n) is 2.94. The van der Waals surface area contributed by atoms with Crippen molar-refractivity contribution in [3.05, 3.63) is 29.8 Å². The maximum atomic E-state index is 11.3. The standard InChI is InChI=1S/C16H20O3/c1-11(2)8-12(3)19-15-7-5-13-4-6-14(17)10-18-16(13)9-15/h4-7,9,11-12H,8,10H2,1-3H3. The van der Waals surface area contributed by atoms with E-state index in [9.17, 15) is 4.79 Å². The van der Waals surface area contributed by atoms with Crippen molar-refractivity contribution in [1.29, 1.82) is 0 Å². The van der Waals surface area contributed by atoms with Crippen LogP contribution < -0.4 is 9.47 Å². The molecule has 0 aromatic heterocycles. The molecule has 1 heterocycles. The number of hydrogen-bond acceptors (Lipinski definition) is 3. The Hall–Kier alpha value is -1.77. The van der Waals surface area contributed by atoms with Gasteiger partial charge < -0.3 is 9.47 Å². The molecule has 0 amide bonds. The SMILES string of the molecule is CC(C)CC(C)Oc1ccc2c(c1)OCC(=O)C=C2. The summed E-state index contributed by atoms with van der Waals surface area (Å²) in [6.45, 7) is 6.51. The quantitative estimate of drug-likeness (QED) is 0.831. The van der Waals surface area contributed by atoms with Gasteiger partial charge in [-0.15, -0.1) is 0 Å². The number of carbonyl (C=O) groups is 1. The molecule has 0 N–H and O–H groups in total. The first kappa shape index (κ1) is 13.7. The summed E-state index contributed by atoms with van der Waals surface area (Å²) in [6, 6.07) is 5.69. The molecule has 0 saturated heterocycles. The lowest BCUT2D eigenvalue weighted by Gasteiger charge is -2.17. The van der Waals surface area contributed by atoms with Crippen LogP contribution in [0.3, 0.4) is 0 Å². The van der Waals surface area contributed by atoms with Gasteiger partial charge in [-0.2, -0.15) is 0 Å². The van der Waals surface area contributed by atoms with Crippen molar-refractivity contribution in [2.24, 2.45) is 5.92 Å². The smallest absolute Gasteiger partial charge is 0.193 e. The van der Waals surface area contributed by atoms with Crippen molar-refractivity contribution in [1.82, 2.24) is 0 Å². The first-order valence-corrected chi connectivity index (χ1v) is 6.69. The summed E-state index contributed by atoms with van der Waals surface area (Å²) in [5.74, 6) is 2.07. The number of carbonyl (C=O) groups excluding carboxylic acids is 1. The van der Waals surface area contributed by atoms with E-state index < -0.39 is 0 Å². The zero-order valence-electron chi connectivity index (χ0n) is 11.7. The lowest BCUT2D eigenvalue weighted by Crippen LogP contribution is -2.14. The highest BCUT2D eigenvalue weighted by molar-refractivity contribution is 5.96. The van der Waals surface area contributed by atoms with Gasteiger partial charge >= 0.3 is 0 Å². The van der Waals surface area contributed by atoms with Crippen LogP contribution >= 0.6 is 0 Å². The normalized spacial score (nSPS) is 15.7. The fourth-order valence-corrected chi connectivity index (χ4v) is 2.17. The molecule has 0 spiro atoms. The molecular weight excluding hydrogens is 240 g/mol. The van der Waals surface area contributed by atoms with E-state index in [1.807, 2.05) is 18.2 Å². The van der Waals surface area contributed by atoms with Gasteiger partial charge in [-0.1, -0.05) is 13.8 Å². The van der Waals surface area contributed by atoms with Gasteiger partial charge in [0.2, 0.25) is 0 Å². The molecule has 1 aliphatic rings. The topological polar surface area (TPSA) is 35.5 Å². The molecule has 19 heavy (non-hydrogen) atoms. The van der Waals surface area contributed by atoms with Crippen molar-refractivity contribution in [3.63, 3.8) is 0 Å². The van der Waals surface area contributed by atoms with Crippen molar-refractivity contribution in [2.75, 3.05) is 6.61 Å². The minimum atomic E-state index is -0.0214. The molecule has 2 rings (SSSR count). The lowest BCUT2D eigenvalue weighted by atomic mass is 10.1. The fraction of sp³-hybridized carbons (Fsp3) is 0.438. The van der Waals surface area contributed by atoms with Crippen molar-refractivity contribution in [2.45, 2.75) is 33.3 Å². The predicted octanol–water partition coefficient (Wildman–Crippen LogP) is 3.47. The Morgan fingerprint density at radius 2 is 2.05 bits per heavy atom. The molecule has 1 aromatic carbocycles. The molecule has 0 radical (unpaired) electrons. The zero-order valence-corrected chi connectivity index (χ0v) is 11.7. The summed E-state index contributed by atoms with van der Waals surface area (Å²) in [6.07, 6.45) is 4.51. The van der Waals surface area contributed by atoms with Crippen molar-refractivity contribution >= 4 is 11.9 Å². The second-order valence-corrected chi connectivity index (χ2v) is 5.35. The van der Waals surface area contributed by atoms with Crippen LogP contribution in [0.2, 0.25) is 0 Å². The van der Waals surface area contributed by atoms with Crippen LogP contribution in [0, 0.1) is 5.92 Å². The average molecular weight is 260 g/mol. The number of rotatable bonds is 4. The second-order valence-electron chi connectivity index (χ2n) is 5.35. The molecule has 3 heteroatoms. The second kappa shape index (κ2) is 5.91. The summed E-state index contributed by atoms with van der Waals surface area (Å²) in [4.78, 5) is 11.3. The van der Waals surface area contributed by atoms with E-state index in [1.54, 1.807) is 12.2 Å². The Labute approximate surface area is 114 Å². The van der Waals surface area contributed by atoms with Gasteiger partial charge in [0.25, 0.3) is 0 Å². The van der Waals surface area contributed by atoms with Gasteiger partial charge in [0.1, 0.15) is 11.5 Å². The Bertz CT molecular complexity index is 489. The van der Waals surface area contributed by atoms with Crippen LogP contribution in [0.15, 0.2) is 24.3 Å². The van der Waals surface area contributed by atoms with Crippen molar-refractivity contribution < 1.29 is 14.3 Å².